The molecule has 1 fully saturated rings. The van der Waals surface area contributed by atoms with Crippen molar-refractivity contribution in [2.75, 3.05) is 24.6 Å². The number of allylic oxidation sites excluding steroid dienone is 1. The second-order valence-corrected chi connectivity index (χ2v) is 8.80. The van der Waals surface area contributed by atoms with Crippen LogP contribution in [0.2, 0.25) is 0 Å². The van der Waals surface area contributed by atoms with Crippen molar-refractivity contribution in [2.45, 2.75) is 40.0 Å². The van der Waals surface area contributed by atoms with E-state index in [2.05, 4.69) is 11.0 Å². The number of Topliss-reactive ketones (excluding diaryl/α,β-unsaturated/α-hetero) is 1. The van der Waals surface area contributed by atoms with Crippen molar-refractivity contribution in [2.24, 2.45) is 0 Å². The minimum absolute atomic E-state index is 0.0194. The van der Waals surface area contributed by atoms with Crippen molar-refractivity contribution in [3.05, 3.63) is 55.8 Å². The molecular weight excluding hydrogens is 422 g/mol. The van der Waals surface area contributed by atoms with Crippen molar-refractivity contribution in [3.8, 4) is 12.1 Å². The van der Waals surface area contributed by atoms with Gasteiger partial charge in [-0.05, 0) is 68.5 Å². The van der Waals surface area contributed by atoms with Gasteiger partial charge in [0.05, 0.1) is 17.7 Å². The minimum atomic E-state index is -0.505. The van der Waals surface area contributed by atoms with E-state index in [4.69, 9.17) is 4.74 Å². The summed E-state index contributed by atoms with van der Waals surface area (Å²) in [6, 6.07) is 10.0. The highest BCUT2D eigenvalue weighted by atomic mass is 32.1. The lowest BCUT2D eigenvalue weighted by Gasteiger charge is -2.20. The van der Waals surface area contributed by atoms with Gasteiger partial charge in [-0.3, -0.25) is 4.79 Å². The Balaban J connectivity index is 1.84. The summed E-state index contributed by atoms with van der Waals surface area (Å²) in [6.45, 7) is 7.73. The predicted molar refractivity (Wildman–Crippen MR) is 125 cm³/mol. The van der Waals surface area contributed by atoms with Crippen molar-refractivity contribution in [1.82, 2.24) is 0 Å². The average Bonchev–Trinajstić information content (AvgIpc) is 3.40. The number of hydrogen-bond donors (Lipinski definition) is 0. The predicted octanol–water partition coefficient (Wildman–Crippen LogP) is 4.73. The Hall–Kier alpha value is -3.42. The van der Waals surface area contributed by atoms with Crippen LogP contribution in [0.3, 0.4) is 0 Å². The second-order valence-electron chi connectivity index (χ2n) is 7.70. The van der Waals surface area contributed by atoms with Gasteiger partial charge in [-0.15, -0.1) is 11.3 Å². The van der Waals surface area contributed by atoms with Gasteiger partial charge >= 0.3 is 5.97 Å². The Morgan fingerprint density at radius 3 is 2.53 bits per heavy atom. The molecule has 7 heteroatoms. The molecule has 0 N–H and O–H groups in total. The molecule has 2 heterocycles. The summed E-state index contributed by atoms with van der Waals surface area (Å²) in [5.74, 6) is -0.892. The molecule has 32 heavy (non-hydrogen) atoms. The van der Waals surface area contributed by atoms with E-state index in [1.165, 1.54) is 18.5 Å². The van der Waals surface area contributed by atoms with Gasteiger partial charge in [-0.1, -0.05) is 6.07 Å². The zero-order chi connectivity index (χ0) is 23.3. The number of rotatable bonds is 7. The van der Waals surface area contributed by atoms with Gasteiger partial charge in [-0.2, -0.15) is 10.5 Å². The third kappa shape index (κ3) is 4.90. The Kier molecular flexibility index (Phi) is 7.45. The van der Waals surface area contributed by atoms with Crippen LogP contribution in [0, 0.1) is 36.5 Å². The average molecular weight is 448 g/mol. The number of thiophene rings is 1. The van der Waals surface area contributed by atoms with Gasteiger partial charge in [0.2, 0.25) is 0 Å². The van der Waals surface area contributed by atoms with Crippen LogP contribution < -0.4 is 4.90 Å². The quantitative estimate of drug-likeness (QED) is 0.346. The van der Waals surface area contributed by atoms with Gasteiger partial charge < -0.3 is 9.64 Å². The molecule has 0 saturated carbocycles. The van der Waals surface area contributed by atoms with Gasteiger partial charge in [0.1, 0.15) is 17.0 Å². The maximum atomic E-state index is 12.9. The fourth-order valence-corrected chi connectivity index (χ4v) is 5.05. The van der Waals surface area contributed by atoms with Gasteiger partial charge in [0.15, 0.2) is 5.78 Å². The zero-order valence-corrected chi connectivity index (χ0v) is 19.3. The van der Waals surface area contributed by atoms with E-state index >= 15 is 0 Å². The van der Waals surface area contributed by atoms with Crippen LogP contribution in [-0.2, 0) is 16.0 Å². The molecule has 0 amide bonds. The number of carbonyl (C=O) groups is 2. The second kappa shape index (κ2) is 10.3. The number of aryl methyl sites for hydroxylation is 1. The third-order valence-corrected chi connectivity index (χ3v) is 6.78. The topological polar surface area (TPSA) is 94.2 Å². The van der Waals surface area contributed by atoms with Gasteiger partial charge in [-0.25, -0.2) is 4.79 Å². The van der Waals surface area contributed by atoms with Crippen LogP contribution in [0.5, 0.6) is 0 Å². The van der Waals surface area contributed by atoms with E-state index in [9.17, 15) is 20.1 Å². The highest BCUT2D eigenvalue weighted by Gasteiger charge is 2.23. The minimum Gasteiger partial charge on any atom is -0.462 e. The van der Waals surface area contributed by atoms with Crippen molar-refractivity contribution < 1.29 is 14.3 Å². The molecule has 3 rings (SSSR count). The summed E-state index contributed by atoms with van der Waals surface area (Å²) in [5.41, 5.74) is 3.90. The van der Waals surface area contributed by atoms with Crippen molar-refractivity contribution in [3.63, 3.8) is 0 Å². The molecule has 0 aliphatic carbocycles. The summed E-state index contributed by atoms with van der Waals surface area (Å²) < 4.78 is 5.04. The summed E-state index contributed by atoms with van der Waals surface area (Å²) in [6.07, 6.45) is 3.86. The van der Waals surface area contributed by atoms with Crippen molar-refractivity contribution >= 4 is 34.9 Å². The number of nitriles is 2. The third-order valence-electron chi connectivity index (χ3n) is 5.51. The Morgan fingerprint density at radius 2 is 1.94 bits per heavy atom. The first-order valence-corrected chi connectivity index (χ1v) is 11.4. The van der Waals surface area contributed by atoms with Gasteiger partial charge in [0.25, 0.3) is 0 Å². The first kappa shape index (κ1) is 23.2. The van der Waals surface area contributed by atoms with E-state index in [1.54, 1.807) is 19.9 Å². The number of anilines is 1. The number of ketones is 1. The highest BCUT2D eigenvalue weighted by Crippen LogP contribution is 2.30. The molecule has 2 aromatic rings. The van der Waals surface area contributed by atoms with Crippen LogP contribution in [0.25, 0.3) is 6.08 Å². The molecular formula is C25H25N3O3S. The normalized spacial score (nSPS) is 13.5. The molecule has 0 spiro atoms. The smallest absolute Gasteiger partial charge is 0.348 e. The molecule has 0 atom stereocenters. The van der Waals surface area contributed by atoms with E-state index in [0.717, 1.165) is 35.6 Å². The molecule has 0 radical (unpaired) electrons. The van der Waals surface area contributed by atoms with Crippen LogP contribution in [0.1, 0.15) is 56.6 Å². The number of benzene rings is 1. The Bertz CT molecular complexity index is 1160. The van der Waals surface area contributed by atoms with Crippen LogP contribution in [0.4, 0.5) is 5.69 Å². The summed E-state index contributed by atoms with van der Waals surface area (Å²) in [4.78, 5) is 28.2. The molecule has 1 aliphatic rings. The summed E-state index contributed by atoms with van der Waals surface area (Å²) >= 11 is 1.08. The number of ether oxygens (including phenoxy) is 1. The van der Waals surface area contributed by atoms with Crippen LogP contribution >= 0.6 is 11.3 Å². The fraction of sp³-hybridized carbons (Fsp3) is 0.360. The Labute approximate surface area is 192 Å². The monoisotopic (exact) mass is 447 g/mol. The highest BCUT2D eigenvalue weighted by molar-refractivity contribution is 7.14. The number of nitrogens with zero attached hydrogens (tertiary/aromatic N) is 3. The SMILES string of the molecule is CCOC(=O)c1sc(CC(=O)/C(C#N)=C\c2ccc(N3CCCC3)c(C)c2)c(C#N)c1C. The maximum absolute atomic E-state index is 12.9. The van der Waals surface area contributed by atoms with Crippen LogP contribution in [-0.4, -0.2) is 31.4 Å². The largest absolute Gasteiger partial charge is 0.462 e. The number of carbonyl (C=O) groups excluding carboxylic acids is 2. The van der Waals surface area contributed by atoms with E-state index in [1.807, 2.05) is 31.2 Å². The molecule has 0 unspecified atom stereocenters. The number of esters is 1. The molecule has 0 bridgehead atoms. The lowest BCUT2D eigenvalue weighted by atomic mass is 10.0. The Morgan fingerprint density at radius 1 is 1.22 bits per heavy atom. The maximum Gasteiger partial charge on any atom is 0.348 e. The molecule has 6 nitrogen and oxygen atoms in total. The fourth-order valence-electron chi connectivity index (χ4n) is 3.90. The van der Waals surface area contributed by atoms with Crippen molar-refractivity contribution in [1.29, 1.82) is 10.5 Å². The van der Waals surface area contributed by atoms with Crippen LogP contribution in [0.15, 0.2) is 23.8 Å². The lowest BCUT2D eigenvalue weighted by molar-refractivity contribution is -0.114. The van der Waals surface area contributed by atoms with E-state index < -0.39 is 5.97 Å². The van der Waals surface area contributed by atoms with Gasteiger partial charge in [0, 0.05) is 30.1 Å². The zero-order valence-electron chi connectivity index (χ0n) is 18.5. The summed E-state index contributed by atoms with van der Waals surface area (Å²) in [5, 5.41) is 19.1. The molecule has 1 aliphatic heterocycles. The molecule has 1 saturated heterocycles. The van der Waals surface area contributed by atoms with E-state index in [0.29, 0.717) is 20.9 Å². The molecule has 164 valence electrons. The lowest BCUT2D eigenvalue weighted by Crippen LogP contribution is -2.18. The first-order valence-electron chi connectivity index (χ1n) is 10.6. The molecule has 1 aromatic carbocycles. The van der Waals surface area contributed by atoms with E-state index in [-0.39, 0.29) is 24.4 Å². The summed E-state index contributed by atoms with van der Waals surface area (Å²) in [7, 11) is 0. The first-order chi connectivity index (χ1) is 15.4. The number of hydrogen-bond acceptors (Lipinski definition) is 7. The molecule has 1 aromatic heterocycles. The standard InChI is InChI=1S/C25H25N3O3S/c1-4-31-25(30)24-17(3)20(15-27)23(32-24)13-22(29)19(14-26)12-18-7-8-21(16(2)11-18)28-9-5-6-10-28/h7-8,11-12H,4-6,9-10,13H2,1-3H3/b19-12-.